The first-order valence-corrected chi connectivity index (χ1v) is 4.50. The lowest BCUT2D eigenvalue weighted by Gasteiger charge is -2.34. The van der Waals surface area contributed by atoms with Crippen LogP contribution in [-0.4, -0.2) is 11.7 Å². The molecule has 78 valence electrons. The number of halogens is 1. The maximum atomic E-state index is 10.7. The number of nitrogens with two attached hydrogens (primary N) is 1. The van der Waals surface area contributed by atoms with E-state index < -0.39 is 5.72 Å². The fourth-order valence-electron chi connectivity index (χ4n) is 1.64. The molecule has 2 N–H and O–H groups in total. The van der Waals surface area contributed by atoms with Crippen molar-refractivity contribution in [1.29, 1.82) is 0 Å². The van der Waals surface area contributed by atoms with Gasteiger partial charge in [0.25, 0.3) is 0 Å². The molecule has 1 rings (SSSR count). The second-order valence-corrected chi connectivity index (χ2v) is 3.84. The van der Waals surface area contributed by atoms with Gasteiger partial charge in [0.15, 0.2) is 5.72 Å². The summed E-state index contributed by atoms with van der Waals surface area (Å²) in [6, 6.07) is 0. The molecule has 0 aliphatic heterocycles. The molecule has 0 heterocycles. The minimum atomic E-state index is -0.668. The molecule has 1 aliphatic carbocycles. The van der Waals surface area contributed by atoms with Crippen molar-refractivity contribution in [3.05, 3.63) is 0 Å². The van der Waals surface area contributed by atoms with Crippen LogP contribution in [-0.2, 0) is 9.53 Å². The number of esters is 1. The predicted octanol–water partition coefficient (Wildman–Crippen LogP) is 1.84. The summed E-state index contributed by atoms with van der Waals surface area (Å²) in [5.74, 6) is 0.448. The van der Waals surface area contributed by atoms with Crippen LogP contribution in [0.3, 0.4) is 0 Å². The molecule has 0 bridgehead atoms. The zero-order valence-electron chi connectivity index (χ0n) is 8.21. The van der Waals surface area contributed by atoms with Crippen LogP contribution in [0, 0.1) is 5.92 Å². The Kier molecular flexibility index (Phi) is 4.71. The van der Waals surface area contributed by atoms with Gasteiger partial charge in [0.05, 0.1) is 0 Å². The number of carbonyl (C=O) groups excluding carboxylic acids is 1. The quantitative estimate of drug-likeness (QED) is 0.527. The van der Waals surface area contributed by atoms with Gasteiger partial charge in [-0.15, -0.1) is 12.4 Å². The Labute approximate surface area is 85.4 Å². The minimum Gasteiger partial charge on any atom is -0.444 e. The summed E-state index contributed by atoms with van der Waals surface area (Å²) in [5, 5.41) is 0. The Hall–Kier alpha value is -0.280. The van der Waals surface area contributed by atoms with E-state index in [4.69, 9.17) is 10.5 Å². The van der Waals surface area contributed by atoms with Crippen molar-refractivity contribution in [3.8, 4) is 0 Å². The Morgan fingerprint density at radius 3 is 2.31 bits per heavy atom. The standard InChI is InChI=1S/C9H17NO2.ClH/c1-7-3-5-9(10,6-4-7)12-8(2)11;/h7H,3-6,10H2,1-2H3;1H. The average Bonchev–Trinajstić information content (AvgIpc) is 1.94. The lowest BCUT2D eigenvalue weighted by molar-refractivity contribution is -0.160. The van der Waals surface area contributed by atoms with E-state index in [-0.39, 0.29) is 18.4 Å². The first-order chi connectivity index (χ1) is 5.52. The van der Waals surface area contributed by atoms with E-state index in [2.05, 4.69) is 6.92 Å². The maximum Gasteiger partial charge on any atom is 0.304 e. The van der Waals surface area contributed by atoms with E-state index in [1.807, 2.05) is 0 Å². The minimum absolute atomic E-state index is 0. The zero-order valence-corrected chi connectivity index (χ0v) is 9.02. The summed E-state index contributed by atoms with van der Waals surface area (Å²) >= 11 is 0. The number of carbonyl (C=O) groups is 1. The lowest BCUT2D eigenvalue weighted by Crippen LogP contribution is -2.46. The summed E-state index contributed by atoms with van der Waals surface area (Å²) < 4.78 is 5.07. The molecule has 3 nitrogen and oxygen atoms in total. The highest BCUT2D eigenvalue weighted by molar-refractivity contribution is 5.85. The summed E-state index contributed by atoms with van der Waals surface area (Å²) in [6.45, 7) is 3.61. The van der Waals surface area contributed by atoms with Gasteiger partial charge in [0.2, 0.25) is 0 Å². The summed E-state index contributed by atoms with van der Waals surface area (Å²) in [6.07, 6.45) is 3.72. The maximum absolute atomic E-state index is 10.7. The number of hydrogen-bond donors (Lipinski definition) is 1. The van der Waals surface area contributed by atoms with E-state index >= 15 is 0 Å². The molecule has 0 radical (unpaired) electrons. The van der Waals surface area contributed by atoms with Gasteiger partial charge >= 0.3 is 5.97 Å². The van der Waals surface area contributed by atoms with Crippen molar-refractivity contribution in [2.45, 2.75) is 45.3 Å². The first kappa shape index (κ1) is 12.7. The molecule has 1 saturated carbocycles. The average molecular weight is 208 g/mol. The molecule has 0 unspecified atom stereocenters. The van der Waals surface area contributed by atoms with Gasteiger partial charge in [-0.25, -0.2) is 0 Å². The first-order valence-electron chi connectivity index (χ1n) is 4.50. The fraction of sp³-hybridized carbons (Fsp3) is 0.889. The van der Waals surface area contributed by atoms with E-state index in [1.165, 1.54) is 6.92 Å². The van der Waals surface area contributed by atoms with Gasteiger partial charge in [-0.1, -0.05) is 6.92 Å². The highest BCUT2D eigenvalue weighted by Crippen LogP contribution is 2.30. The molecule has 1 fully saturated rings. The largest absolute Gasteiger partial charge is 0.444 e. The van der Waals surface area contributed by atoms with Crippen LogP contribution in [0.4, 0.5) is 0 Å². The molecule has 0 amide bonds. The molecule has 0 aromatic heterocycles. The van der Waals surface area contributed by atoms with Crippen molar-refractivity contribution in [2.24, 2.45) is 11.7 Å². The molecule has 0 aromatic rings. The van der Waals surface area contributed by atoms with Crippen LogP contribution in [0.15, 0.2) is 0 Å². The Morgan fingerprint density at radius 2 is 1.92 bits per heavy atom. The molecule has 0 spiro atoms. The van der Waals surface area contributed by atoms with E-state index in [0.717, 1.165) is 31.6 Å². The number of ether oxygens (including phenoxy) is 1. The third-order valence-electron chi connectivity index (χ3n) is 2.47. The van der Waals surface area contributed by atoms with Crippen molar-refractivity contribution in [2.75, 3.05) is 0 Å². The highest BCUT2D eigenvalue weighted by Gasteiger charge is 2.32. The molecule has 0 aromatic carbocycles. The summed E-state index contributed by atoms with van der Waals surface area (Å²) in [7, 11) is 0. The molecule has 13 heavy (non-hydrogen) atoms. The predicted molar refractivity (Wildman–Crippen MR) is 53.6 cm³/mol. The van der Waals surface area contributed by atoms with Crippen LogP contribution in [0.2, 0.25) is 0 Å². The third-order valence-corrected chi connectivity index (χ3v) is 2.47. The van der Waals surface area contributed by atoms with Gasteiger partial charge in [-0.05, 0) is 18.8 Å². The topological polar surface area (TPSA) is 52.3 Å². The van der Waals surface area contributed by atoms with Gasteiger partial charge in [0.1, 0.15) is 0 Å². The number of hydrogen-bond acceptors (Lipinski definition) is 3. The molecule has 0 atom stereocenters. The molecular weight excluding hydrogens is 190 g/mol. The monoisotopic (exact) mass is 207 g/mol. The van der Waals surface area contributed by atoms with Gasteiger partial charge in [-0.3, -0.25) is 10.5 Å². The van der Waals surface area contributed by atoms with Crippen LogP contribution in [0.25, 0.3) is 0 Å². The second-order valence-electron chi connectivity index (χ2n) is 3.84. The van der Waals surface area contributed by atoms with Crippen LogP contribution in [0.1, 0.15) is 39.5 Å². The smallest absolute Gasteiger partial charge is 0.304 e. The van der Waals surface area contributed by atoms with E-state index in [9.17, 15) is 4.79 Å². The van der Waals surface area contributed by atoms with Crippen LogP contribution in [0.5, 0.6) is 0 Å². The highest BCUT2D eigenvalue weighted by atomic mass is 35.5. The second kappa shape index (κ2) is 4.82. The normalized spacial score (nSPS) is 33.3. The molecular formula is C9H18ClNO2. The number of rotatable bonds is 1. The van der Waals surface area contributed by atoms with E-state index in [0.29, 0.717) is 0 Å². The zero-order chi connectivity index (χ0) is 9.19. The summed E-state index contributed by atoms with van der Waals surface area (Å²) in [5.41, 5.74) is 5.21. The van der Waals surface area contributed by atoms with E-state index in [1.54, 1.807) is 0 Å². The third kappa shape index (κ3) is 3.96. The van der Waals surface area contributed by atoms with Crippen molar-refractivity contribution in [3.63, 3.8) is 0 Å². The van der Waals surface area contributed by atoms with Gasteiger partial charge < -0.3 is 4.74 Å². The van der Waals surface area contributed by atoms with Gasteiger partial charge in [-0.2, -0.15) is 0 Å². The van der Waals surface area contributed by atoms with Gasteiger partial charge in [0, 0.05) is 19.8 Å². The molecule has 1 aliphatic rings. The molecule has 0 saturated heterocycles. The van der Waals surface area contributed by atoms with Crippen molar-refractivity contribution < 1.29 is 9.53 Å². The molecule has 4 heteroatoms. The van der Waals surface area contributed by atoms with Crippen LogP contribution >= 0.6 is 12.4 Å². The fourth-order valence-corrected chi connectivity index (χ4v) is 1.64. The Morgan fingerprint density at radius 1 is 1.46 bits per heavy atom. The lowest BCUT2D eigenvalue weighted by atomic mass is 9.85. The van der Waals surface area contributed by atoms with Crippen molar-refractivity contribution in [1.82, 2.24) is 0 Å². The summed E-state index contributed by atoms with van der Waals surface area (Å²) in [4.78, 5) is 10.7. The van der Waals surface area contributed by atoms with Crippen LogP contribution < -0.4 is 5.73 Å². The Balaban J connectivity index is 0.00000144. The van der Waals surface area contributed by atoms with Crippen molar-refractivity contribution >= 4 is 18.4 Å². The Bertz CT molecular complexity index is 176. The SMILES string of the molecule is CC(=O)OC1(N)CCC(C)CC1.Cl.